The Morgan fingerprint density at radius 1 is 1.31 bits per heavy atom. The summed E-state index contributed by atoms with van der Waals surface area (Å²) in [4.78, 5) is 0. The predicted molar refractivity (Wildman–Crippen MR) is 49.4 cm³/mol. The van der Waals surface area contributed by atoms with Crippen molar-refractivity contribution in [1.29, 1.82) is 0 Å². The zero-order valence-electron chi connectivity index (χ0n) is 6.73. The van der Waals surface area contributed by atoms with Crippen molar-refractivity contribution >= 4 is 15.9 Å². The maximum Gasteiger partial charge on any atom is 0.137 e. The molecule has 0 saturated heterocycles. The first kappa shape index (κ1) is 9.09. The van der Waals surface area contributed by atoms with Crippen molar-refractivity contribution in [2.75, 3.05) is 0 Å². The zero-order valence-corrected chi connectivity index (χ0v) is 8.31. The lowest BCUT2D eigenvalue weighted by molar-refractivity contribution is 0.580. The third-order valence-corrected chi connectivity index (χ3v) is 2.89. The first-order valence-electron chi connectivity index (χ1n) is 3.99. The zero-order chi connectivity index (χ0) is 9.59. The Bertz CT molecular complexity index is 354. The van der Waals surface area contributed by atoms with Gasteiger partial charge in [-0.25, -0.2) is 8.78 Å². The normalized spacial score (nSPS) is 26.2. The fraction of sp³-hybridized carbons (Fsp3) is 0.333. The molecule has 1 fully saturated rings. The molecule has 2 rings (SSSR count). The van der Waals surface area contributed by atoms with Crippen LogP contribution in [0.2, 0.25) is 0 Å². The van der Waals surface area contributed by atoms with Gasteiger partial charge in [-0.15, -0.1) is 0 Å². The minimum atomic E-state index is -0.435. The van der Waals surface area contributed by atoms with Crippen LogP contribution < -0.4 is 5.73 Å². The van der Waals surface area contributed by atoms with Crippen LogP contribution in [0.5, 0.6) is 0 Å². The fourth-order valence-corrected chi connectivity index (χ4v) is 1.71. The molecule has 0 heterocycles. The van der Waals surface area contributed by atoms with Crippen molar-refractivity contribution in [2.24, 2.45) is 5.73 Å². The summed E-state index contributed by atoms with van der Waals surface area (Å²) in [5, 5.41) is 0. The summed E-state index contributed by atoms with van der Waals surface area (Å²) in [5.74, 6) is -0.815. The van der Waals surface area contributed by atoms with E-state index in [1.807, 2.05) is 0 Å². The Morgan fingerprint density at radius 3 is 2.46 bits per heavy atom. The largest absolute Gasteiger partial charge is 0.327 e. The standard InChI is InChI=1S/C9H8BrF2N/c10-6-3-7(11)4(1-8(6)12)5-2-9(5)13/h1,3,5,9H,2,13H2/t5-,9-/m1/s1. The van der Waals surface area contributed by atoms with Gasteiger partial charge in [-0.2, -0.15) is 0 Å². The molecule has 70 valence electrons. The van der Waals surface area contributed by atoms with Gasteiger partial charge < -0.3 is 5.73 Å². The van der Waals surface area contributed by atoms with Crippen LogP contribution in [-0.2, 0) is 0 Å². The van der Waals surface area contributed by atoms with E-state index in [9.17, 15) is 8.78 Å². The van der Waals surface area contributed by atoms with Crippen LogP contribution >= 0.6 is 15.9 Å². The molecule has 0 radical (unpaired) electrons. The lowest BCUT2D eigenvalue weighted by Crippen LogP contribution is -2.02. The molecule has 0 unspecified atom stereocenters. The number of nitrogens with two attached hydrogens (primary N) is 1. The third kappa shape index (κ3) is 1.60. The van der Waals surface area contributed by atoms with Gasteiger partial charge in [-0.05, 0) is 40.0 Å². The summed E-state index contributed by atoms with van der Waals surface area (Å²) < 4.78 is 26.4. The smallest absolute Gasteiger partial charge is 0.137 e. The molecule has 1 aromatic rings. The number of hydrogen-bond acceptors (Lipinski definition) is 1. The number of rotatable bonds is 1. The summed E-state index contributed by atoms with van der Waals surface area (Å²) in [7, 11) is 0. The predicted octanol–water partition coefficient (Wildman–Crippen LogP) is 2.54. The fourth-order valence-electron chi connectivity index (χ4n) is 1.39. The molecule has 2 N–H and O–H groups in total. The Kier molecular flexibility index (Phi) is 2.12. The minimum absolute atomic E-state index is 0.00241. The molecular weight excluding hydrogens is 240 g/mol. The van der Waals surface area contributed by atoms with Crippen LogP contribution in [0, 0.1) is 11.6 Å². The minimum Gasteiger partial charge on any atom is -0.327 e. The highest BCUT2D eigenvalue weighted by Gasteiger charge is 2.37. The lowest BCUT2D eigenvalue weighted by atomic mass is 10.1. The molecule has 1 nitrogen and oxygen atoms in total. The van der Waals surface area contributed by atoms with Crippen molar-refractivity contribution in [1.82, 2.24) is 0 Å². The number of halogens is 3. The Morgan fingerprint density at radius 2 is 1.92 bits per heavy atom. The molecule has 4 heteroatoms. The van der Waals surface area contributed by atoms with Crippen molar-refractivity contribution in [3.63, 3.8) is 0 Å². The summed E-state index contributed by atoms with van der Waals surface area (Å²) in [6.45, 7) is 0. The summed E-state index contributed by atoms with van der Waals surface area (Å²) in [6.07, 6.45) is 0.748. The van der Waals surface area contributed by atoms with Crippen molar-refractivity contribution in [3.05, 3.63) is 33.8 Å². The van der Waals surface area contributed by atoms with Crippen LogP contribution in [0.1, 0.15) is 17.9 Å². The number of benzene rings is 1. The summed E-state index contributed by atoms with van der Waals surface area (Å²) in [5.41, 5.74) is 5.95. The van der Waals surface area contributed by atoms with Gasteiger partial charge in [0.15, 0.2) is 0 Å². The van der Waals surface area contributed by atoms with Crippen LogP contribution in [-0.4, -0.2) is 6.04 Å². The van der Waals surface area contributed by atoms with E-state index in [0.717, 1.165) is 12.5 Å². The van der Waals surface area contributed by atoms with Gasteiger partial charge in [0, 0.05) is 12.0 Å². The molecule has 2 atom stereocenters. The van der Waals surface area contributed by atoms with E-state index >= 15 is 0 Å². The van der Waals surface area contributed by atoms with Crippen molar-refractivity contribution in [3.8, 4) is 0 Å². The lowest BCUT2D eigenvalue weighted by Gasteiger charge is -2.02. The highest BCUT2D eigenvalue weighted by atomic mass is 79.9. The SMILES string of the molecule is N[C@@H]1C[C@@H]1c1cc(F)c(Br)cc1F. The molecule has 1 aromatic carbocycles. The summed E-state index contributed by atoms with van der Waals surface area (Å²) >= 11 is 2.92. The van der Waals surface area contributed by atoms with E-state index < -0.39 is 5.82 Å². The van der Waals surface area contributed by atoms with E-state index in [0.29, 0.717) is 5.56 Å². The van der Waals surface area contributed by atoms with Gasteiger partial charge in [-0.1, -0.05) is 0 Å². The average Bonchev–Trinajstić information content (AvgIpc) is 2.75. The second kappa shape index (κ2) is 3.03. The van der Waals surface area contributed by atoms with E-state index in [-0.39, 0.29) is 22.2 Å². The van der Waals surface area contributed by atoms with Gasteiger partial charge in [0.25, 0.3) is 0 Å². The molecule has 1 saturated carbocycles. The van der Waals surface area contributed by atoms with Crippen LogP contribution in [0.15, 0.2) is 16.6 Å². The van der Waals surface area contributed by atoms with Gasteiger partial charge in [0.1, 0.15) is 11.6 Å². The van der Waals surface area contributed by atoms with Crippen LogP contribution in [0.25, 0.3) is 0 Å². The molecule has 0 amide bonds. The average molecular weight is 248 g/mol. The summed E-state index contributed by atoms with van der Waals surface area (Å²) in [6, 6.07) is 2.36. The second-order valence-corrected chi connectivity index (χ2v) is 4.15. The molecule has 1 aliphatic rings. The van der Waals surface area contributed by atoms with Crippen molar-refractivity contribution < 1.29 is 8.78 Å². The van der Waals surface area contributed by atoms with E-state index in [1.54, 1.807) is 0 Å². The first-order valence-corrected chi connectivity index (χ1v) is 4.79. The molecule has 1 aliphatic carbocycles. The maximum absolute atomic E-state index is 13.2. The quantitative estimate of drug-likeness (QED) is 0.759. The molecule has 0 aliphatic heterocycles. The second-order valence-electron chi connectivity index (χ2n) is 3.29. The van der Waals surface area contributed by atoms with Gasteiger partial charge in [0.2, 0.25) is 0 Å². The first-order chi connectivity index (χ1) is 6.09. The topological polar surface area (TPSA) is 26.0 Å². The van der Waals surface area contributed by atoms with Crippen LogP contribution in [0.4, 0.5) is 8.78 Å². The highest BCUT2D eigenvalue weighted by molar-refractivity contribution is 9.10. The Balaban J connectivity index is 2.41. The molecule has 13 heavy (non-hydrogen) atoms. The van der Waals surface area contributed by atoms with Gasteiger partial charge in [0.05, 0.1) is 4.47 Å². The van der Waals surface area contributed by atoms with E-state index in [2.05, 4.69) is 15.9 Å². The van der Waals surface area contributed by atoms with Gasteiger partial charge >= 0.3 is 0 Å². The van der Waals surface area contributed by atoms with Gasteiger partial charge in [-0.3, -0.25) is 0 Å². The Hall–Kier alpha value is -0.480. The van der Waals surface area contributed by atoms with E-state index in [4.69, 9.17) is 5.73 Å². The molecule has 0 spiro atoms. The molecule has 0 bridgehead atoms. The third-order valence-electron chi connectivity index (χ3n) is 2.28. The number of hydrogen-bond donors (Lipinski definition) is 1. The van der Waals surface area contributed by atoms with E-state index in [1.165, 1.54) is 6.07 Å². The molecular formula is C9H8BrF2N. The maximum atomic E-state index is 13.2. The van der Waals surface area contributed by atoms with Crippen molar-refractivity contribution in [2.45, 2.75) is 18.4 Å². The molecule has 0 aromatic heterocycles. The monoisotopic (exact) mass is 247 g/mol. The Labute approximate surface area is 83.1 Å². The highest BCUT2D eigenvalue weighted by Crippen LogP contribution is 2.41. The van der Waals surface area contributed by atoms with Crippen LogP contribution in [0.3, 0.4) is 0 Å².